The Balaban J connectivity index is 0.00000180. The van der Waals surface area contributed by atoms with Crippen molar-refractivity contribution >= 4 is 24.0 Å². The van der Waals surface area contributed by atoms with Gasteiger partial charge in [0.1, 0.15) is 0 Å². The molecule has 0 aromatic heterocycles. The summed E-state index contributed by atoms with van der Waals surface area (Å²) in [5, 5.41) is 6.26. The number of anilines is 1. The highest BCUT2D eigenvalue weighted by Crippen LogP contribution is 2.14. The van der Waals surface area contributed by atoms with Gasteiger partial charge in [0.15, 0.2) is 0 Å². The van der Waals surface area contributed by atoms with E-state index in [1.165, 1.54) is 6.42 Å². The fourth-order valence-corrected chi connectivity index (χ4v) is 2.27. The number of carbonyl (C=O) groups is 1. The highest BCUT2D eigenvalue weighted by molar-refractivity contribution is 5.91. The Labute approximate surface area is 120 Å². The number of nitrogens with one attached hydrogen (secondary N) is 2. The largest absolute Gasteiger partial charge is 0.380 e. The van der Waals surface area contributed by atoms with Crippen molar-refractivity contribution in [3.05, 3.63) is 29.8 Å². The maximum Gasteiger partial charge on any atom is 0.225 e. The van der Waals surface area contributed by atoms with Gasteiger partial charge in [0.25, 0.3) is 0 Å². The highest BCUT2D eigenvalue weighted by Gasteiger charge is 2.17. The van der Waals surface area contributed by atoms with Gasteiger partial charge in [-0.15, -0.1) is 12.4 Å². The van der Waals surface area contributed by atoms with Crippen LogP contribution in [-0.4, -0.2) is 25.6 Å². The second-order valence-electron chi connectivity index (χ2n) is 4.68. The van der Waals surface area contributed by atoms with Crippen LogP contribution in [0.3, 0.4) is 0 Å². The van der Waals surface area contributed by atoms with Crippen LogP contribution >= 0.6 is 12.4 Å². The molecule has 1 aromatic rings. The number of rotatable bonds is 5. The van der Waals surface area contributed by atoms with Crippen molar-refractivity contribution in [1.82, 2.24) is 5.32 Å². The van der Waals surface area contributed by atoms with Gasteiger partial charge in [-0.3, -0.25) is 4.79 Å². The van der Waals surface area contributed by atoms with E-state index in [0.717, 1.165) is 24.2 Å². The Kier molecular flexibility index (Phi) is 6.84. The Hall–Kier alpha value is -1.10. The summed E-state index contributed by atoms with van der Waals surface area (Å²) in [7, 11) is 1.66. The quantitative estimate of drug-likeness (QED) is 0.872. The Morgan fingerprint density at radius 1 is 1.53 bits per heavy atom. The van der Waals surface area contributed by atoms with Crippen molar-refractivity contribution in [2.24, 2.45) is 0 Å². The van der Waals surface area contributed by atoms with Crippen molar-refractivity contribution in [2.45, 2.75) is 31.9 Å². The summed E-state index contributed by atoms with van der Waals surface area (Å²) < 4.78 is 5.07. The van der Waals surface area contributed by atoms with E-state index in [4.69, 9.17) is 4.74 Å². The molecule has 2 N–H and O–H groups in total. The van der Waals surface area contributed by atoms with Crippen LogP contribution in [0.5, 0.6) is 0 Å². The van der Waals surface area contributed by atoms with Crippen LogP contribution in [0.4, 0.5) is 5.69 Å². The molecular formula is C14H21ClN2O2. The van der Waals surface area contributed by atoms with Crippen LogP contribution < -0.4 is 10.6 Å². The molecule has 1 saturated heterocycles. The Morgan fingerprint density at radius 2 is 2.37 bits per heavy atom. The maximum absolute atomic E-state index is 11.9. The summed E-state index contributed by atoms with van der Waals surface area (Å²) in [4.78, 5) is 11.9. The highest BCUT2D eigenvalue weighted by atomic mass is 35.5. The number of hydrogen-bond acceptors (Lipinski definition) is 3. The molecule has 2 rings (SSSR count). The van der Waals surface area contributed by atoms with Crippen LogP contribution in [0, 0.1) is 0 Å². The van der Waals surface area contributed by atoms with Crippen LogP contribution in [0.15, 0.2) is 24.3 Å². The molecule has 1 atom stereocenters. The molecule has 106 valence electrons. The standard InChI is InChI=1S/C14H20N2O2.ClH/c1-18-10-11-4-2-5-13(8-11)16-14(17)9-12-6-3-7-15-12;/h2,4-5,8,12,15H,3,6-7,9-10H2,1H3,(H,16,17);1H. The first-order chi connectivity index (χ1) is 8.78. The molecule has 1 aliphatic heterocycles. The van der Waals surface area contributed by atoms with Gasteiger partial charge in [-0.1, -0.05) is 12.1 Å². The molecule has 0 bridgehead atoms. The van der Waals surface area contributed by atoms with Gasteiger partial charge in [-0.2, -0.15) is 0 Å². The third-order valence-electron chi connectivity index (χ3n) is 3.12. The maximum atomic E-state index is 11.9. The zero-order chi connectivity index (χ0) is 12.8. The van der Waals surface area contributed by atoms with E-state index >= 15 is 0 Å². The molecule has 5 heteroatoms. The van der Waals surface area contributed by atoms with Crippen molar-refractivity contribution in [1.29, 1.82) is 0 Å². The molecule has 1 unspecified atom stereocenters. The molecule has 4 nitrogen and oxygen atoms in total. The molecule has 1 amide bonds. The third kappa shape index (κ3) is 5.19. The van der Waals surface area contributed by atoms with E-state index in [-0.39, 0.29) is 18.3 Å². The van der Waals surface area contributed by atoms with Gasteiger partial charge < -0.3 is 15.4 Å². The van der Waals surface area contributed by atoms with Gasteiger partial charge in [0.2, 0.25) is 5.91 Å². The molecular weight excluding hydrogens is 264 g/mol. The van der Waals surface area contributed by atoms with E-state index in [0.29, 0.717) is 19.1 Å². The Morgan fingerprint density at radius 3 is 3.05 bits per heavy atom. The van der Waals surface area contributed by atoms with Crippen LogP contribution in [0.2, 0.25) is 0 Å². The third-order valence-corrected chi connectivity index (χ3v) is 3.12. The molecule has 0 spiro atoms. The van der Waals surface area contributed by atoms with Gasteiger partial charge in [0, 0.05) is 25.3 Å². The molecule has 1 aliphatic rings. The molecule has 0 radical (unpaired) electrons. The van der Waals surface area contributed by atoms with E-state index in [9.17, 15) is 4.79 Å². The van der Waals surface area contributed by atoms with Crippen LogP contribution in [0.25, 0.3) is 0 Å². The molecule has 0 aliphatic carbocycles. The lowest BCUT2D eigenvalue weighted by molar-refractivity contribution is -0.116. The summed E-state index contributed by atoms with van der Waals surface area (Å²) in [6.07, 6.45) is 2.81. The topological polar surface area (TPSA) is 50.4 Å². The van der Waals surface area contributed by atoms with Crippen molar-refractivity contribution in [3.63, 3.8) is 0 Å². The molecule has 1 aromatic carbocycles. The van der Waals surface area contributed by atoms with E-state index in [2.05, 4.69) is 10.6 Å². The summed E-state index contributed by atoms with van der Waals surface area (Å²) in [6.45, 7) is 1.59. The number of hydrogen-bond donors (Lipinski definition) is 2. The van der Waals surface area contributed by atoms with E-state index < -0.39 is 0 Å². The first kappa shape index (κ1) is 16.0. The number of benzene rings is 1. The first-order valence-electron chi connectivity index (χ1n) is 6.39. The summed E-state index contributed by atoms with van der Waals surface area (Å²) in [5.41, 5.74) is 1.90. The predicted molar refractivity (Wildman–Crippen MR) is 78.7 cm³/mol. The van der Waals surface area contributed by atoms with Gasteiger partial charge in [-0.25, -0.2) is 0 Å². The normalized spacial score (nSPS) is 17.8. The number of ether oxygens (including phenoxy) is 1. The average Bonchev–Trinajstić information content (AvgIpc) is 2.82. The monoisotopic (exact) mass is 284 g/mol. The van der Waals surface area contributed by atoms with Gasteiger partial charge in [-0.05, 0) is 37.1 Å². The number of carbonyl (C=O) groups excluding carboxylic acids is 1. The zero-order valence-corrected chi connectivity index (χ0v) is 12.0. The van der Waals surface area contributed by atoms with Crippen molar-refractivity contribution < 1.29 is 9.53 Å². The van der Waals surface area contributed by atoms with Gasteiger partial charge in [0.05, 0.1) is 6.61 Å². The van der Waals surface area contributed by atoms with Crippen LogP contribution in [-0.2, 0) is 16.1 Å². The fraction of sp³-hybridized carbons (Fsp3) is 0.500. The van der Waals surface area contributed by atoms with Gasteiger partial charge >= 0.3 is 0 Å². The number of halogens is 1. The number of methoxy groups -OCH3 is 1. The lowest BCUT2D eigenvalue weighted by atomic mass is 10.1. The number of amides is 1. The van der Waals surface area contributed by atoms with Crippen LogP contribution in [0.1, 0.15) is 24.8 Å². The second-order valence-corrected chi connectivity index (χ2v) is 4.68. The zero-order valence-electron chi connectivity index (χ0n) is 11.1. The molecule has 19 heavy (non-hydrogen) atoms. The summed E-state index contributed by atoms with van der Waals surface area (Å²) in [6, 6.07) is 8.10. The minimum atomic E-state index is 0. The smallest absolute Gasteiger partial charge is 0.225 e. The average molecular weight is 285 g/mol. The van der Waals surface area contributed by atoms with Crippen molar-refractivity contribution in [2.75, 3.05) is 19.0 Å². The second kappa shape index (κ2) is 8.15. The lowest BCUT2D eigenvalue weighted by Gasteiger charge is -2.11. The first-order valence-corrected chi connectivity index (χ1v) is 6.39. The predicted octanol–water partition coefficient (Wildman–Crippen LogP) is 2.34. The minimum absolute atomic E-state index is 0. The van der Waals surface area contributed by atoms with E-state index in [1.54, 1.807) is 7.11 Å². The fourth-order valence-electron chi connectivity index (χ4n) is 2.27. The Bertz CT molecular complexity index is 406. The summed E-state index contributed by atoms with van der Waals surface area (Å²) >= 11 is 0. The molecule has 0 saturated carbocycles. The SMILES string of the molecule is COCc1cccc(NC(=O)CC2CCCN2)c1.Cl. The van der Waals surface area contributed by atoms with E-state index in [1.807, 2.05) is 24.3 Å². The molecule has 1 heterocycles. The molecule has 1 fully saturated rings. The minimum Gasteiger partial charge on any atom is -0.380 e. The lowest BCUT2D eigenvalue weighted by Crippen LogP contribution is -2.27. The van der Waals surface area contributed by atoms with Crippen molar-refractivity contribution in [3.8, 4) is 0 Å². The summed E-state index contributed by atoms with van der Waals surface area (Å²) in [5.74, 6) is 0.0731.